The molecular weight excluding hydrogens is 365 g/mol. The summed E-state index contributed by atoms with van der Waals surface area (Å²) >= 11 is 1.60. The van der Waals surface area contributed by atoms with E-state index in [0.29, 0.717) is 0 Å². The van der Waals surface area contributed by atoms with Gasteiger partial charge in [0, 0.05) is 25.4 Å². The Morgan fingerprint density at radius 1 is 1.25 bits per heavy atom. The van der Waals surface area contributed by atoms with Crippen LogP contribution < -0.4 is 0 Å². The molecule has 1 aromatic carbocycles. The van der Waals surface area contributed by atoms with E-state index in [2.05, 4.69) is 47.8 Å². The number of aromatic nitrogens is 1. The van der Waals surface area contributed by atoms with Crippen LogP contribution in [-0.4, -0.2) is 34.9 Å². The van der Waals surface area contributed by atoms with Crippen LogP contribution in [0.3, 0.4) is 0 Å². The van der Waals surface area contributed by atoms with Crippen LogP contribution in [0.5, 0.6) is 0 Å². The van der Waals surface area contributed by atoms with Crippen molar-refractivity contribution in [2.45, 2.75) is 33.8 Å². The first-order chi connectivity index (χ1) is 10.5. The molecule has 0 aliphatic heterocycles. The first-order valence-corrected chi connectivity index (χ1v) is 8.30. The molecule has 0 saturated carbocycles. The van der Waals surface area contributed by atoms with Gasteiger partial charge in [-0.2, -0.15) is 0 Å². The molecule has 0 unspecified atom stereocenters. The lowest BCUT2D eigenvalue weighted by atomic mass is 10.0. The minimum Gasteiger partial charge on any atom is -0.390 e. The Balaban J connectivity index is 0.00000264. The quantitative estimate of drug-likeness (QED) is 0.591. The second-order valence-electron chi connectivity index (χ2n) is 5.45. The van der Waals surface area contributed by atoms with Gasteiger partial charge in [0.15, 0.2) is 0 Å². The number of nitrogens with zero attached hydrogens (tertiary/aromatic N) is 3. The molecule has 1 heterocycles. The Morgan fingerprint density at radius 2 is 1.96 bits per heavy atom. The van der Waals surface area contributed by atoms with Crippen molar-refractivity contribution in [3.63, 3.8) is 0 Å². The number of thiazole rings is 1. The van der Waals surface area contributed by atoms with Gasteiger partial charge in [-0.25, -0.2) is 9.98 Å². The third kappa shape index (κ3) is 6.06. The summed E-state index contributed by atoms with van der Waals surface area (Å²) in [7, 11) is 2.02. The van der Waals surface area contributed by atoms with E-state index in [1.807, 2.05) is 18.8 Å². The van der Waals surface area contributed by atoms with Gasteiger partial charge >= 0.3 is 0 Å². The van der Waals surface area contributed by atoms with E-state index >= 15 is 0 Å². The number of benzene rings is 1. The van der Waals surface area contributed by atoms with Gasteiger partial charge < -0.3 is 10.0 Å². The zero-order valence-electron chi connectivity index (χ0n) is 14.4. The summed E-state index contributed by atoms with van der Waals surface area (Å²) in [5.41, 5.74) is 5.41. The van der Waals surface area contributed by atoms with Crippen LogP contribution in [-0.2, 0) is 13.0 Å². The molecule has 0 amide bonds. The van der Waals surface area contributed by atoms with Gasteiger partial charge in [-0.1, -0.05) is 6.07 Å². The smallest absolute Gasteiger partial charge is 0.0973 e. The first kappa shape index (κ1) is 22.9. The molecule has 0 aliphatic rings. The fourth-order valence-electron chi connectivity index (χ4n) is 2.10. The van der Waals surface area contributed by atoms with Gasteiger partial charge in [-0.3, -0.25) is 0 Å². The highest BCUT2D eigenvalue weighted by atomic mass is 35.5. The van der Waals surface area contributed by atoms with Crippen LogP contribution in [0.25, 0.3) is 0 Å². The Hall–Kier alpha value is -1.14. The van der Waals surface area contributed by atoms with Gasteiger partial charge in [0.05, 0.1) is 29.3 Å². The van der Waals surface area contributed by atoms with Crippen LogP contribution in [0.15, 0.2) is 22.5 Å². The predicted octanol–water partition coefficient (Wildman–Crippen LogP) is 4.30. The van der Waals surface area contributed by atoms with Crippen molar-refractivity contribution in [1.29, 1.82) is 0 Å². The number of aliphatic imine (C=N–C) groups is 1. The van der Waals surface area contributed by atoms with Crippen molar-refractivity contribution in [1.82, 2.24) is 9.88 Å². The normalized spacial score (nSPS) is 10.4. The molecule has 0 saturated heterocycles. The van der Waals surface area contributed by atoms with Crippen LogP contribution in [0.4, 0.5) is 5.69 Å². The fourth-order valence-corrected chi connectivity index (χ4v) is 2.91. The minimum absolute atomic E-state index is 0. The number of rotatable bonds is 6. The van der Waals surface area contributed by atoms with Crippen molar-refractivity contribution in [3.05, 3.63) is 44.9 Å². The van der Waals surface area contributed by atoms with Crippen LogP contribution >= 0.6 is 36.2 Å². The Labute approximate surface area is 160 Å². The second-order valence-corrected chi connectivity index (χ2v) is 6.39. The standard InChI is InChI=1S/C17H23N3OS.2ClH/c1-5-20(4)11-18-16-7-12(2)14(6-13(16)3)8-17-19-15(9-21)10-22-17;;/h6-7,10-11,21H,5,8-9H2,1-4H3;2*1H/b18-11+;;. The minimum atomic E-state index is 0. The lowest BCUT2D eigenvalue weighted by molar-refractivity contribution is 0.277. The molecule has 1 N–H and O–H groups in total. The topological polar surface area (TPSA) is 48.7 Å². The summed E-state index contributed by atoms with van der Waals surface area (Å²) in [5.74, 6) is 0. The van der Waals surface area contributed by atoms with Gasteiger partial charge in [-0.15, -0.1) is 36.2 Å². The van der Waals surface area contributed by atoms with E-state index in [0.717, 1.165) is 29.4 Å². The number of halogens is 2. The predicted molar refractivity (Wildman–Crippen MR) is 108 cm³/mol. The summed E-state index contributed by atoms with van der Waals surface area (Å²) in [6.07, 6.45) is 2.67. The molecule has 0 fully saturated rings. The molecule has 0 spiro atoms. The summed E-state index contributed by atoms with van der Waals surface area (Å²) in [4.78, 5) is 11.0. The van der Waals surface area contributed by atoms with Crippen molar-refractivity contribution < 1.29 is 5.11 Å². The van der Waals surface area contributed by atoms with Gasteiger partial charge in [0.2, 0.25) is 0 Å². The molecule has 134 valence electrons. The molecule has 4 nitrogen and oxygen atoms in total. The fraction of sp³-hybridized carbons (Fsp3) is 0.412. The SMILES string of the molecule is CCN(C)/C=N/c1cc(C)c(Cc2nc(CO)cs2)cc1C.Cl.Cl. The Kier molecular flexibility index (Phi) is 10.2. The molecule has 2 rings (SSSR count). The van der Waals surface area contributed by atoms with Crippen LogP contribution in [0.2, 0.25) is 0 Å². The van der Waals surface area contributed by atoms with E-state index in [1.165, 1.54) is 16.7 Å². The first-order valence-electron chi connectivity index (χ1n) is 7.42. The monoisotopic (exact) mass is 389 g/mol. The van der Waals surface area contributed by atoms with Crippen molar-refractivity contribution in [2.75, 3.05) is 13.6 Å². The summed E-state index contributed by atoms with van der Waals surface area (Å²) in [6, 6.07) is 4.32. The molecule has 2 aromatic rings. The maximum absolute atomic E-state index is 9.10. The molecule has 0 aliphatic carbocycles. The van der Waals surface area contributed by atoms with E-state index < -0.39 is 0 Å². The number of aliphatic hydroxyl groups excluding tert-OH is 1. The van der Waals surface area contributed by atoms with E-state index in [4.69, 9.17) is 5.11 Å². The second kappa shape index (κ2) is 10.7. The number of hydrogen-bond acceptors (Lipinski definition) is 4. The summed E-state index contributed by atoms with van der Waals surface area (Å²) in [5, 5.41) is 12.0. The molecule has 0 radical (unpaired) electrons. The summed E-state index contributed by atoms with van der Waals surface area (Å²) in [6.45, 7) is 7.24. The van der Waals surface area contributed by atoms with Gasteiger partial charge in [-0.05, 0) is 43.5 Å². The van der Waals surface area contributed by atoms with Crippen molar-refractivity contribution >= 4 is 48.2 Å². The van der Waals surface area contributed by atoms with Crippen molar-refractivity contribution in [3.8, 4) is 0 Å². The third-order valence-electron chi connectivity index (χ3n) is 3.65. The van der Waals surface area contributed by atoms with E-state index in [-0.39, 0.29) is 31.4 Å². The maximum atomic E-state index is 9.10. The lowest BCUT2D eigenvalue weighted by Crippen LogP contribution is -2.14. The summed E-state index contributed by atoms with van der Waals surface area (Å²) < 4.78 is 0. The molecule has 1 aromatic heterocycles. The van der Waals surface area contributed by atoms with E-state index in [9.17, 15) is 0 Å². The largest absolute Gasteiger partial charge is 0.390 e. The average molecular weight is 390 g/mol. The molecule has 7 heteroatoms. The highest BCUT2D eigenvalue weighted by Crippen LogP contribution is 2.25. The third-order valence-corrected chi connectivity index (χ3v) is 4.55. The molecule has 24 heavy (non-hydrogen) atoms. The molecular formula is C17H25Cl2N3OS. The van der Waals surface area contributed by atoms with E-state index in [1.54, 1.807) is 11.3 Å². The zero-order valence-corrected chi connectivity index (χ0v) is 16.9. The zero-order chi connectivity index (χ0) is 16.1. The van der Waals surface area contributed by atoms with Crippen LogP contribution in [0, 0.1) is 13.8 Å². The molecule has 0 atom stereocenters. The highest BCUT2D eigenvalue weighted by Gasteiger charge is 2.08. The lowest BCUT2D eigenvalue weighted by Gasteiger charge is -2.11. The number of aryl methyl sites for hydroxylation is 2. The molecule has 0 bridgehead atoms. The number of hydrogen-bond donors (Lipinski definition) is 1. The van der Waals surface area contributed by atoms with Crippen LogP contribution in [0.1, 0.15) is 34.3 Å². The average Bonchev–Trinajstić information content (AvgIpc) is 2.96. The highest BCUT2D eigenvalue weighted by molar-refractivity contribution is 7.09. The van der Waals surface area contributed by atoms with Gasteiger partial charge in [0.1, 0.15) is 0 Å². The Morgan fingerprint density at radius 3 is 2.54 bits per heavy atom. The van der Waals surface area contributed by atoms with Crippen molar-refractivity contribution in [2.24, 2.45) is 4.99 Å². The number of aliphatic hydroxyl groups is 1. The maximum Gasteiger partial charge on any atom is 0.0973 e. The Bertz CT molecular complexity index is 674. The van der Waals surface area contributed by atoms with Gasteiger partial charge in [0.25, 0.3) is 0 Å².